The molecule has 1 N–H and O–H groups in total. The highest BCUT2D eigenvalue weighted by Crippen LogP contribution is 2.28. The SMILES string of the molecule is COC(=O)c1ccccc1NC(=O)C[N+]1=C2C=CSC2C(=O)N(CCc2cccs2)C1=O. The first-order chi connectivity index (χ1) is 15.5. The van der Waals surface area contributed by atoms with E-state index in [2.05, 4.69) is 5.32 Å². The summed E-state index contributed by atoms with van der Waals surface area (Å²) in [5.74, 6) is -1.34. The number of hydrogen-bond donors (Lipinski definition) is 1. The summed E-state index contributed by atoms with van der Waals surface area (Å²) in [6.45, 7) is -0.0420. The highest BCUT2D eigenvalue weighted by atomic mass is 32.2. The Kier molecular flexibility index (Phi) is 6.52. The number of fused-ring (bicyclic) bond motifs is 1. The zero-order valence-electron chi connectivity index (χ0n) is 17.1. The first-order valence-electron chi connectivity index (χ1n) is 9.81. The number of rotatable bonds is 7. The topological polar surface area (TPSA) is 95.8 Å². The number of para-hydroxylation sites is 1. The number of carbonyl (C=O) groups is 4. The fourth-order valence-corrected chi connectivity index (χ4v) is 5.17. The van der Waals surface area contributed by atoms with Gasteiger partial charge in [-0.2, -0.15) is 14.3 Å². The molecule has 0 bridgehead atoms. The van der Waals surface area contributed by atoms with Gasteiger partial charge in [0.15, 0.2) is 11.8 Å². The molecule has 164 valence electrons. The molecule has 1 aromatic heterocycles. The van der Waals surface area contributed by atoms with Gasteiger partial charge in [-0.25, -0.2) is 9.59 Å². The van der Waals surface area contributed by atoms with Gasteiger partial charge in [0.2, 0.25) is 0 Å². The first kappa shape index (κ1) is 22.0. The van der Waals surface area contributed by atoms with Gasteiger partial charge in [-0.1, -0.05) is 18.2 Å². The minimum Gasteiger partial charge on any atom is -0.465 e. The van der Waals surface area contributed by atoms with Crippen molar-refractivity contribution in [1.82, 2.24) is 4.90 Å². The molecule has 1 unspecified atom stereocenters. The third kappa shape index (κ3) is 4.37. The van der Waals surface area contributed by atoms with Crippen LogP contribution in [0.2, 0.25) is 0 Å². The Hall–Kier alpha value is -3.24. The summed E-state index contributed by atoms with van der Waals surface area (Å²) < 4.78 is 6.08. The number of nitrogens with one attached hydrogen (secondary N) is 1. The van der Waals surface area contributed by atoms with Crippen molar-refractivity contribution in [1.29, 1.82) is 0 Å². The molecule has 4 amide bonds. The molecule has 2 aromatic rings. The molecule has 1 aromatic carbocycles. The molecule has 0 spiro atoms. The van der Waals surface area contributed by atoms with E-state index >= 15 is 0 Å². The van der Waals surface area contributed by atoms with Crippen LogP contribution in [-0.4, -0.2) is 64.5 Å². The van der Waals surface area contributed by atoms with Crippen LogP contribution in [0.3, 0.4) is 0 Å². The average Bonchev–Trinajstić information content (AvgIpc) is 3.49. The second kappa shape index (κ2) is 9.49. The van der Waals surface area contributed by atoms with Crippen molar-refractivity contribution >= 4 is 58.3 Å². The van der Waals surface area contributed by atoms with Gasteiger partial charge in [-0.3, -0.25) is 4.79 Å². The van der Waals surface area contributed by atoms with Gasteiger partial charge >= 0.3 is 17.9 Å². The van der Waals surface area contributed by atoms with E-state index in [1.54, 1.807) is 47.1 Å². The van der Waals surface area contributed by atoms with Crippen molar-refractivity contribution in [3.8, 4) is 0 Å². The number of thioether (sulfide) groups is 1. The van der Waals surface area contributed by atoms with E-state index in [1.165, 1.54) is 28.3 Å². The number of ether oxygens (including phenoxy) is 1. The molecule has 32 heavy (non-hydrogen) atoms. The number of nitrogens with zero attached hydrogens (tertiary/aromatic N) is 2. The molecule has 8 nitrogen and oxygen atoms in total. The number of carbonyl (C=O) groups excluding carboxylic acids is 4. The maximum atomic E-state index is 13.2. The largest absolute Gasteiger partial charge is 0.501 e. The number of anilines is 1. The van der Waals surface area contributed by atoms with Gasteiger partial charge in [0.1, 0.15) is 12.3 Å². The molecule has 0 saturated carbocycles. The molecular formula is C22H20N3O5S2+. The minimum absolute atomic E-state index is 0.211. The van der Waals surface area contributed by atoms with Gasteiger partial charge < -0.3 is 10.1 Å². The van der Waals surface area contributed by atoms with Gasteiger partial charge in [-0.15, -0.1) is 23.1 Å². The van der Waals surface area contributed by atoms with Crippen LogP contribution >= 0.6 is 23.1 Å². The number of thiophene rings is 1. The van der Waals surface area contributed by atoms with Crippen molar-refractivity contribution < 1.29 is 28.5 Å². The van der Waals surface area contributed by atoms with E-state index in [9.17, 15) is 19.2 Å². The Morgan fingerprint density at radius 3 is 2.75 bits per heavy atom. The number of benzene rings is 1. The van der Waals surface area contributed by atoms with Crippen LogP contribution in [0.15, 0.2) is 53.3 Å². The van der Waals surface area contributed by atoms with Crippen LogP contribution < -0.4 is 5.32 Å². The molecule has 0 fully saturated rings. The first-order valence-corrected chi connectivity index (χ1v) is 11.6. The zero-order chi connectivity index (χ0) is 22.7. The van der Waals surface area contributed by atoms with Crippen LogP contribution in [0.25, 0.3) is 0 Å². The van der Waals surface area contributed by atoms with E-state index in [-0.39, 0.29) is 30.2 Å². The van der Waals surface area contributed by atoms with Crippen LogP contribution in [0, 0.1) is 0 Å². The number of imide groups is 1. The Morgan fingerprint density at radius 2 is 2.00 bits per heavy atom. The minimum atomic E-state index is -0.579. The van der Waals surface area contributed by atoms with E-state index in [0.717, 1.165) is 4.88 Å². The van der Waals surface area contributed by atoms with Crippen molar-refractivity contribution in [3.63, 3.8) is 0 Å². The zero-order valence-corrected chi connectivity index (χ0v) is 18.8. The fourth-order valence-electron chi connectivity index (χ4n) is 3.51. The third-order valence-corrected chi connectivity index (χ3v) is 7.00. The highest BCUT2D eigenvalue weighted by Gasteiger charge is 2.49. The lowest BCUT2D eigenvalue weighted by atomic mass is 10.1. The quantitative estimate of drug-likeness (QED) is 0.494. The summed E-state index contributed by atoms with van der Waals surface area (Å²) in [7, 11) is 1.26. The van der Waals surface area contributed by atoms with E-state index in [0.29, 0.717) is 12.1 Å². The Labute approximate surface area is 192 Å². The van der Waals surface area contributed by atoms with Crippen LogP contribution in [0.4, 0.5) is 10.5 Å². The van der Waals surface area contributed by atoms with E-state index in [4.69, 9.17) is 4.74 Å². The van der Waals surface area contributed by atoms with Gasteiger partial charge in [-0.05, 0) is 35.1 Å². The monoisotopic (exact) mass is 470 g/mol. The Balaban J connectivity index is 1.54. The molecule has 10 heteroatoms. The van der Waals surface area contributed by atoms with Crippen LogP contribution in [-0.2, 0) is 20.7 Å². The van der Waals surface area contributed by atoms with Gasteiger partial charge in [0.25, 0.3) is 5.91 Å². The Bertz CT molecular complexity index is 1140. The smallest absolute Gasteiger partial charge is 0.465 e. The molecule has 1 atom stereocenters. The van der Waals surface area contributed by atoms with Crippen molar-refractivity contribution in [2.75, 3.05) is 25.5 Å². The molecule has 3 heterocycles. The van der Waals surface area contributed by atoms with Gasteiger partial charge in [0.05, 0.1) is 18.4 Å². The summed E-state index contributed by atoms with van der Waals surface area (Å²) >= 11 is 2.88. The number of urea groups is 1. The van der Waals surface area contributed by atoms with Crippen LogP contribution in [0.5, 0.6) is 0 Å². The maximum absolute atomic E-state index is 13.2. The van der Waals surface area contributed by atoms with Crippen molar-refractivity contribution in [2.45, 2.75) is 11.7 Å². The lowest BCUT2D eigenvalue weighted by molar-refractivity contribution is -0.425. The van der Waals surface area contributed by atoms with Crippen molar-refractivity contribution in [3.05, 3.63) is 63.7 Å². The predicted molar refractivity (Wildman–Crippen MR) is 122 cm³/mol. The fraction of sp³-hybridized carbons (Fsp3) is 0.227. The summed E-state index contributed by atoms with van der Waals surface area (Å²) in [6, 6.07) is 9.82. The normalized spacial score (nSPS) is 17.5. The molecule has 2 aliphatic heterocycles. The molecule has 0 radical (unpaired) electrons. The predicted octanol–water partition coefficient (Wildman–Crippen LogP) is 2.76. The number of methoxy groups -OCH3 is 1. The van der Waals surface area contributed by atoms with Gasteiger partial charge in [0, 0.05) is 11.3 Å². The summed E-state index contributed by atoms with van der Waals surface area (Å²) in [4.78, 5) is 53.1. The number of hydrogen-bond acceptors (Lipinski definition) is 7. The maximum Gasteiger partial charge on any atom is 0.501 e. The average molecular weight is 471 g/mol. The number of esters is 1. The van der Waals surface area contributed by atoms with E-state index < -0.39 is 23.2 Å². The number of amides is 4. The molecule has 4 rings (SSSR count). The highest BCUT2D eigenvalue weighted by molar-refractivity contribution is 8.04. The third-order valence-electron chi connectivity index (χ3n) is 5.06. The molecular weight excluding hydrogens is 450 g/mol. The van der Waals surface area contributed by atoms with Crippen molar-refractivity contribution in [2.24, 2.45) is 0 Å². The molecule has 0 aliphatic carbocycles. The lowest BCUT2D eigenvalue weighted by Gasteiger charge is -2.24. The summed E-state index contributed by atoms with van der Waals surface area (Å²) in [6.07, 6.45) is 2.25. The van der Waals surface area contributed by atoms with Crippen LogP contribution in [0.1, 0.15) is 15.2 Å². The second-order valence-corrected chi connectivity index (χ2v) is 9.07. The molecule has 2 aliphatic rings. The molecule has 0 saturated heterocycles. The lowest BCUT2D eigenvalue weighted by Crippen LogP contribution is -2.56. The Morgan fingerprint density at radius 1 is 1.19 bits per heavy atom. The summed E-state index contributed by atoms with van der Waals surface area (Å²) in [5, 5.41) is 5.82. The summed E-state index contributed by atoms with van der Waals surface area (Å²) in [5.41, 5.74) is 0.994. The van der Waals surface area contributed by atoms with E-state index in [1.807, 2.05) is 17.5 Å². The number of allylic oxidation sites excluding steroid dienone is 1. The second-order valence-electron chi connectivity index (χ2n) is 7.02. The standard InChI is InChI=1S/C22H19N3O5S2/c1-30-21(28)15-6-2-3-7-16(15)23-18(26)13-25-17-9-12-32-19(17)20(27)24(22(25)29)10-8-14-5-4-11-31-14/h2-7,9,11-12,19H,8,10,13H2,1H3/p+1.